The number of para-hydroxylation sites is 1. The number of aromatic nitrogens is 2. The second-order valence-electron chi connectivity index (χ2n) is 11.1. The SMILES string of the molecule is CC(C)N1B(c2c(C3CCCCC3)cccc2C2CCCCC2)n2ccnc2-c2ccccc21. The van der Waals surface area contributed by atoms with Crippen LogP contribution in [-0.2, 0) is 0 Å². The highest BCUT2D eigenvalue weighted by molar-refractivity contribution is 6.77. The maximum absolute atomic E-state index is 4.89. The predicted octanol–water partition coefficient (Wildman–Crippen LogP) is 7.12. The highest BCUT2D eigenvalue weighted by Gasteiger charge is 2.42. The Morgan fingerprint density at radius 3 is 2.03 bits per heavy atom. The Bertz CT molecular complexity index is 1100. The van der Waals surface area contributed by atoms with Gasteiger partial charge >= 0.3 is 6.98 Å². The molecule has 0 bridgehead atoms. The minimum atomic E-state index is 0.169. The van der Waals surface area contributed by atoms with Crippen molar-refractivity contribution in [3.8, 4) is 11.4 Å². The van der Waals surface area contributed by atoms with Crippen molar-refractivity contribution >= 4 is 18.1 Å². The summed E-state index contributed by atoms with van der Waals surface area (Å²) < 4.78 is 2.48. The lowest BCUT2D eigenvalue weighted by Gasteiger charge is -2.43. The van der Waals surface area contributed by atoms with Gasteiger partial charge in [-0.1, -0.05) is 68.9 Å². The van der Waals surface area contributed by atoms with Gasteiger partial charge in [0.1, 0.15) is 5.82 Å². The van der Waals surface area contributed by atoms with Gasteiger partial charge in [-0.25, -0.2) is 4.98 Å². The molecule has 2 aromatic carbocycles. The first-order chi connectivity index (χ1) is 16.7. The largest absolute Gasteiger partial charge is 0.417 e. The molecule has 1 aromatic heterocycles. The van der Waals surface area contributed by atoms with E-state index in [1.807, 2.05) is 6.20 Å². The first kappa shape index (κ1) is 22.0. The van der Waals surface area contributed by atoms with E-state index in [0.717, 1.165) is 5.82 Å². The van der Waals surface area contributed by atoms with E-state index >= 15 is 0 Å². The van der Waals surface area contributed by atoms with Crippen molar-refractivity contribution in [1.82, 2.24) is 9.46 Å². The van der Waals surface area contributed by atoms with Crippen LogP contribution < -0.4 is 10.3 Å². The maximum atomic E-state index is 4.89. The van der Waals surface area contributed by atoms with Gasteiger partial charge in [0.2, 0.25) is 0 Å². The first-order valence-corrected chi connectivity index (χ1v) is 13.8. The van der Waals surface area contributed by atoms with Crippen LogP contribution in [0.5, 0.6) is 0 Å². The summed E-state index contributed by atoms with van der Waals surface area (Å²) in [5.74, 6) is 2.49. The third-order valence-electron chi connectivity index (χ3n) is 8.70. The molecule has 0 unspecified atom stereocenters. The van der Waals surface area contributed by atoms with Crippen molar-refractivity contribution in [3.05, 3.63) is 66.0 Å². The first-order valence-electron chi connectivity index (χ1n) is 13.8. The fourth-order valence-corrected chi connectivity index (χ4v) is 7.15. The molecule has 0 radical (unpaired) electrons. The van der Waals surface area contributed by atoms with Crippen LogP contribution in [0.4, 0.5) is 5.69 Å². The van der Waals surface area contributed by atoms with Gasteiger partial charge in [0.25, 0.3) is 0 Å². The molecule has 3 nitrogen and oxygen atoms in total. The van der Waals surface area contributed by atoms with Gasteiger partial charge in [-0.2, -0.15) is 0 Å². The molecular weight excluding hydrogens is 413 g/mol. The molecule has 2 heterocycles. The Kier molecular flexibility index (Phi) is 6.01. The zero-order valence-electron chi connectivity index (χ0n) is 20.9. The molecule has 34 heavy (non-hydrogen) atoms. The zero-order valence-corrected chi connectivity index (χ0v) is 20.9. The number of imidazole rings is 1. The number of hydrogen-bond acceptors (Lipinski definition) is 2. The number of hydrogen-bond donors (Lipinski definition) is 0. The smallest absolute Gasteiger partial charge is 0.389 e. The summed E-state index contributed by atoms with van der Waals surface area (Å²) in [4.78, 5) is 7.57. The molecule has 3 aliphatic rings. The molecule has 0 spiro atoms. The van der Waals surface area contributed by atoms with Crippen molar-refractivity contribution in [2.75, 3.05) is 4.81 Å². The molecule has 0 atom stereocenters. The van der Waals surface area contributed by atoms with Crippen LogP contribution in [0.25, 0.3) is 11.4 Å². The minimum Gasteiger partial charge on any atom is -0.389 e. The van der Waals surface area contributed by atoms with Crippen LogP contribution in [0, 0.1) is 0 Å². The predicted molar refractivity (Wildman–Crippen MR) is 144 cm³/mol. The average molecular weight is 451 g/mol. The Balaban J connectivity index is 1.59. The molecule has 176 valence electrons. The average Bonchev–Trinajstić information content (AvgIpc) is 3.38. The van der Waals surface area contributed by atoms with Gasteiger partial charge in [0, 0.05) is 29.7 Å². The van der Waals surface area contributed by atoms with Gasteiger partial charge in [-0.15, -0.1) is 0 Å². The summed E-state index contributed by atoms with van der Waals surface area (Å²) in [5, 5.41) is 0. The topological polar surface area (TPSA) is 21.1 Å². The summed E-state index contributed by atoms with van der Waals surface area (Å²) in [7, 11) is 0. The van der Waals surface area contributed by atoms with Crippen molar-refractivity contribution in [3.63, 3.8) is 0 Å². The van der Waals surface area contributed by atoms with Gasteiger partial charge in [0.05, 0.1) is 0 Å². The van der Waals surface area contributed by atoms with Gasteiger partial charge in [0.15, 0.2) is 0 Å². The Morgan fingerprint density at radius 1 is 0.794 bits per heavy atom. The van der Waals surface area contributed by atoms with Crippen LogP contribution in [-0.4, -0.2) is 22.5 Å². The Hall–Kier alpha value is -2.49. The van der Waals surface area contributed by atoms with Crippen LogP contribution in [0.3, 0.4) is 0 Å². The monoisotopic (exact) mass is 451 g/mol. The fraction of sp³-hybridized carbons (Fsp3) is 0.500. The van der Waals surface area contributed by atoms with Crippen molar-refractivity contribution in [2.45, 2.75) is 95.9 Å². The molecule has 2 fully saturated rings. The summed E-state index contributed by atoms with van der Waals surface area (Å²) in [6.07, 6.45) is 17.9. The minimum absolute atomic E-state index is 0.169. The normalized spacial score (nSPS) is 19.4. The molecule has 0 saturated heterocycles. The summed E-state index contributed by atoms with van der Waals surface area (Å²) >= 11 is 0. The summed E-state index contributed by atoms with van der Waals surface area (Å²) in [6, 6.07) is 16.6. The lowest BCUT2D eigenvalue weighted by molar-refractivity contribution is 0.438. The second-order valence-corrected chi connectivity index (χ2v) is 11.1. The van der Waals surface area contributed by atoms with E-state index in [-0.39, 0.29) is 6.98 Å². The maximum Gasteiger partial charge on any atom is 0.417 e. The third kappa shape index (κ3) is 3.70. The molecule has 2 aliphatic carbocycles. The number of fused-ring (bicyclic) bond motifs is 3. The van der Waals surface area contributed by atoms with E-state index in [2.05, 4.69) is 71.8 Å². The molecule has 2 saturated carbocycles. The van der Waals surface area contributed by atoms with Crippen LogP contribution in [0.1, 0.15) is 101 Å². The summed E-state index contributed by atoms with van der Waals surface area (Å²) in [6.45, 7) is 4.88. The molecule has 0 amide bonds. The van der Waals surface area contributed by atoms with Gasteiger partial charge in [-0.3, -0.25) is 0 Å². The van der Waals surface area contributed by atoms with E-state index in [1.54, 1.807) is 16.6 Å². The molecule has 4 heteroatoms. The molecular formula is C30H38BN3. The van der Waals surface area contributed by atoms with E-state index < -0.39 is 0 Å². The quantitative estimate of drug-likeness (QED) is 0.394. The van der Waals surface area contributed by atoms with Gasteiger partial charge < -0.3 is 9.29 Å². The number of rotatable bonds is 4. The van der Waals surface area contributed by atoms with E-state index in [9.17, 15) is 0 Å². The number of nitrogens with zero attached hydrogens (tertiary/aromatic N) is 3. The molecule has 0 N–H and O–H groups in total. The Morgan fingerprint density at radius 2 is 1.41 bits per heavy atom. The van der Waals surface area contributed by atoms with Crippen LogP contribution in [0.2, 0.25) is 0 Å². The van der Waals surface area contributed by atoms with Crippen LogP contribution in [0.15, 0.2) is 54.9 Å². The molecule has 3 aromatic rings. The zero-order chi connectivity index (χ0) is 23.1. The molecule has 1 aliphatic heterocycles. The number of anilines is 1. The standard InChI is InChI=1S/C30H38BN3/c1-22(2)34-28-19-10-9-16-27(28)30-32-20-21-33(30)31(34)29-25(23-12-5-3-6-13-23)17-11-18-26(29)24-14-7-4-8-15-24/h9-11,16-24H,3-8,12-15H2,1-2H3. The van der Waals surface area contributed by atoms with E-state index in [0.29, 0.717) is 17.9 Å². The van der Waals surface area contributed by atoms with Gasteiger partial charge in [-0.05, 0) is 80.1 Å². The van der Waals surface area contributed by atoms with Crippen molar-refractivity contribution < 1.29 is 0 Å². The fourth-order valence-electron chi connectivity index (χ4n) is 7.15. The number of benzene rings is 2. The highest BCUT2D eigenvalue weighted by atomic mass is 15.2. The van der Waals surface area contributed by atoms with Crippen molar-refractivity contribution in [1.29, 1.82) is 0 Å². The lowest BCUT2D eigenvalue weighted by Crippen LogP contribution is -2.60. The van der Waals surface area contributed by atoms with E-state index in [4.69, 9.17) is 4.98 Å². The highest BCUT2D eigenvalue weighted by Crippen LogP contribution is 2.41. The summed E-state index contributed by atoms with van der Waals surface area (Å²) in [5.41, 5.74) is 7.43. The van der Waals surface area contributed by atoms with E-state index in [1.165, 1.54) is 75.5 Å². The van der Waals surface area contributed by atoms with Crippen molar-refractivity contribution in [2.24, 2.45) is 0 Å². The lowest BCUT2D eigenvalue weighted by atomic mass is 9.56. The van der Waals surface area contributed by atoms with Crippen LogP contribution >= 0.6 is 0 Å². The second kappa shape index (κ2) is 9.28. The third-order valence-corrected chi connectivity index (χ3v) is 8.70. The molecule has 6 rings (SSSR count). The Labute approximate surface area is 205 Å².